The lowest BCUT2D eigenvalue weighted by Crippen LogP contribution is -2.46. The molecule has 0 aliphatic rings. The van der Waals surface area contributed by atoms with Crippen molar-refractivity contribution in [2.75, 3.05) is 6.54 Å². The van der Waals surface area contributed by atoms with Gasteiger partial charge in [0.05, 0.1) is 12.4 Å². The molecule has 2 atom stereocenters. The number of amides is 3. The van der Waals surface area contributed by atoms with Crippen LogP contribution in [0.15, 0.2) is 73.3 Å². The van der Waals surface area contributed by atoms with Crippen LogP contribution in [0.3, 0.4) is 0 Å². The molecule has 12 nitrogen and oxygen atoms in total. The van der Waals surface area contributed by atoms with E-state index >= 15 is 0 Å². The van der Waals surface area contributed by atoms with Gasteiger partial charge in [0.15, 0.2) is 0 Å². The average molecular weight is 639 g/mol. The quantitative estimate of drug-likeness (QED) is 0.0490. The number of rotatable bonds is 24. The summed E-state index contributed by atoms with van der Waals surface area (Å²) < 4.78 is 5.01. The number of aromatic nitrogens is 2. The molecule has 0 saturated carbocycles. The van der Waals surface area contributed by atoms with E-state index in [1.165, 1.54) is 12.5 Å². The number of hydrogen-bond acceptors (Lipinski definition) is 8. The predicted molar refractivity (Wildman–Crippen MR) is 178 cm³/mol. The van der Waals surface area contributed by atoms with E-state index < -0.39 is 41.7 Å². The molecule has 2 unspecified atom stereocenters. The van der Waals surface area contributed by atoms with Gasteiger partial charge in [-0.25, -0.2) is 9.78 Å². The fourth-order valence-corrected chi connectivity index (χ4v) is 3.90. The number of primary amides is 1. The van der Waals surface area contributed by atoms with E-state index in [1.54, 1.807) is 0 Å². The van der Waals surface area contributed by atoms with Gasteiger partial charge < -0.3 is 31.8 Å². The molecule has 7 N–H and O–H groups in total. The molecule has 0 saturated heterocycles. The highest BCUT2D eigenvalue weighted by Gasteiger charge is 2.25. The van der Waals surface area contributed by atoms with Crippen LogP contribution >= 0.6 is 0 Å². The summed E-state index contributed by atoms with van der Waals surface area (Å²) in [4.78, 5) is 67.1. The van der Waals surface area contributed by atoms with Crippen LogP contribution < -0.4 is 22.1 Å². The van der Waals surface area contributed by atoms with E-state index in [9.17, 15) is 24.0 Å². The van der Waals surface area contributed by atoms with Gasteiger partial charge in [-0.15, -0.1) is 0 Å². The summed E-state index contributed by atoms with van der Waals surface area (Å²) in [6, 6.07) is -2.08. The van der Waals surface area contributed by atoms with Crippen molar-refractivity contribution in [3.8, 4) is 0 Å². The first-order chi connectivity index (χ1) is 22.2. The molecular formula is C34H50N6O6. The molecule has 0 aliphatic heterocycles. The van der Waals surface area contributed by atoms with E-state index in [-0.39, 0.29) is 38.6 Å². The minimum atomic E-state index is -1.14. The Balaban J connectivity index is 2.35. The van der Waals surface area contributed by atoms with Gasteiger partial charge in [0, 0.05) is 44.1 Å². The molecule has 0 aliphatic carbocycles. The van der Waals surface area contributed by atoms with Crippen molar-refractivity contribution in [1.29, 1.82) is 0 Å². The van der Waals surface area contributed by atoms with Gasteiger partial charge in [-0.3, -0.25) is 19.2 Å². The first kappa shape index (κ1) is 39.4. The maximum Gasteiger partial charge on any atom is 0.336 e. The first-order valence-electron chi connectivity index (χ1n) is 15.8. The molecule has 12 heteroatoms. The number of nitrogens with zero attached hydrogens (tertiary/aromatic N) is 1. The fourth-order valence-electron chi connectivity index (χ4n) is 3.90. The standard InChI is InChI=1S/C34H50N6O6/c1-2-3-4-5-6-7-8-9-10-11-12-13-14-15-16-17-18-19-32(43)46-34(45)29(24-27-25-37-26-39-27)40-31(42)22-23-38-33(44)28(35)20-21-30(36)41/h3-4,6-7,9-10,12-13,15-16,25-26,28-29H,2,5,8,11,14,17-24,35H2,1H3,(H2,36,41)(H,37,39)(H,38,44)(H,40,42). The highest BCUT2D eigenvalue weighted by molar-refractivity contribution is 5.91. The Labute approximate surface area is 271 Å². The third-order valence-corrected chi connectivity index (χ3v) is 6.41. The minimum absolute atomic E-state index is 0.0300. The van der Waals surface area contributed by atoms with E-state index in [0.717, 1.165) is 32.1 Å². The van der Waals surface area contributed by atoms with Crippen LogP contribution in [0, 0.1) is 0 Å². The number of nitrogens with two attached hydrogens (primary N) is 2. The Bertz CT molecular complexity index is 1200. The summed E-state index contributed by atoms with van der Waals surface area (Å²) in [5.74, 6) is -3.21. The second-order valence-electron chi connectivity index (χ2n) is 10.4. The summed E-state index contributed by atoms with van der Waals surface area (Å²) in [5, 5.41) is 5.05. The summed E-state index contributed by atoms with van der Waals surface area (Å²) in [7, 11) is 0. The van der Waals surface area contributed by atoms with Gasteiger partial charge in [-0.05, 0) is 51.4 Å². The Morgan fingerprint density at radius 3 is 2.07 bits per heavy atom. The predicted octanol–water partition coefficient (Wildman–Crippen LogP) is 3.53. The average Bonchev–Trinajstić information content (AvgIpc) is 3.54. The molecule has 0 bridgehead atoms. The zero-order valence-corrected chi connectivity index (χ0v) is 26.8. The molecule has 252 valence electrons. The number of esters is 2. The maximum atomic E-state index is 12.7. The second-order valence-corrected chi connectivity index (χ2v) is 10.4. The number of unbranched alkanes of at least 4 members (excludes halogenated alkanes) is 1. The fraction of sp³-hybridized carbons (Fsp3) is 0.471. The van der Waals surface area contributed by atoms with E-state index in [4.69, 9.17) is 16.2 Å². The third-order valence-electron chi connectivity index (χ3n) is 6.41. The lowest BCUT2D eigenvalue weighted by molar-refractivity contribution is -0.162. The molecule has 3 amide bonds. The van der Waals surface area contributed by atoms with Crippen LogP contribution in [0.2, 0.25) is 0 Å². The van der Waals surface area contributed by atoms with Gasteiger partial charge in [0.25, 0.3) is 0 Å². The molecule has 1 aromatic rings. The van der Waals surface area contributed by atoms with Gasteiger partial charge in [-0.2, -0.15) is 0 Å². The van der Waals surface area contributed by atoms with Crippen molar-refractivity contribution in [3.05, 3.63) is 79.0 Å². The molecule has 1 heterocycles. The Kier molecular flexibility index (Phi) is 22.1. The summed E-state index contributed by atoms with van der Waals surface area (Å²) in [6.07, 6.45) is 29.9. The number of aromatic amines is 1. The number of ether oxygens (including phenoxy) is 1. The topological polar surface area (TPSA) is 199 Å². The van der Waals surface area contributed by atoms with Crippen LogP contribution in [0.25, 0.3) is 0 Å². The van der Waals surface area contributed by atoms with Crippen LogP contribution in [-0.4, -0.2) is 58.3 Å². The smallest absolute Gasteiger partial charge is 0.336 e. The number of hydrogen-bond donors (Lipinski definition) is 5. The van der Waals surface area contributed by atoms with Gasteiger partial charge in [-0.1, -0.05) is 67.7 Å². The molecule has 46 heavy (non-hydrogen) atoms. The van der Waals surface area contributed by atoms with Crippen LogP contribution in [0.5, 0.6) is 0 Å². The lowest BCUT2D eigenvalue weighted by atomic mass is 10.1. The van der Waals surface area contributed by atoms with E-state index in [2.05, 4.69) is 76.1 Å². The second kappa shape index (κ2) is 25.7. The van der Waals surface area contributed by atoms with Crippen molar-refractivity contribution >= 4 is 29.7 Å². The molecule has 0 fully saturated rings. The normalized spacial score (nSPS) is 13.2. The van der Waals surface area contributed by atoms with E-state index in [1.807, 2.05) is 12.2 Å². The molecule has 0 spiro atoms. The molecule has 0 aromatic carbocycles. The number of carbonyl (C=O) groups is 5. The van der Waals surface area contributed by atoms with Crippen molar-refractivity contribution in [2.45, 2.75) is 96.1 Å². The molecule has 0 radical (unpaired) electrons. The van der Waals surface area contributed by atoms with Crippen molar-refractivity contribution in [2.24, 2.45) is 11.5 Å². The number of carbonyl (C=O) groups excluding carboxylic acids is 5. The third kappa shape index (κ3) is 21.2. The van der Waals surface area contributed by atoms with Crippen molar-refractivity contribution < 1.29 is 28.7 Å². The van der Waals surface area contributed by atoms with Gasteiger partial charge >= 0.3 is 11.9 Å². The first-order valence-corrected chi connectivity index (χ1v) is 15.8. The zero-order chi connectivity index (χ0) is 33.8. The maximum absolute atomic E-state index is 12.7. The van der Waals surface area contributed by atoms with E-state index in [0.29, 0.717) is 18.5 Å². The van der Waals surface area contributed by atoms with Crippen LogP contribution in [-0.2, 0) is 35.1 Å². The van der Waals surface area contributed by atoms with Gasteiger partial charge in [0.2, 0.25) is 17.7 Å². The minimum Gasteiger partial charge on any atom is -0.392 e. The molecular weight excluding hydrogens is 588 g/mol. The number of nitrogens with one attached hydrogen (secondary N) is 3. The zero-order valence-electron chi connectivity index (χ0n) is 26.8. The Morgan fingerprint density at radius 1 is 0.891 bits per heavy atom. The highest BCUT2D eigenvalue weighted by atomic mass is 16.6. The Morgan fingerprint density at radius 2 is 1.50 bits per heavy atom. The van der Waals surface area contributed by atoms with Gasteiger partial charge in [0.1, 0.15) is 6.04 Å². The van der Waals surface area contributed by atoms with Crippen LogP contribution in [0.1, 0.15) is 83.2 Å². The lowest BCUT2D eigenvalue weighted by Gasteiger charge is -2.17. The largest absolute Gasteiger partial charge is 0.392 e. The number of allylic oxidation sites excluding steroid dienone is 10. The Hall–Kier alpha value is -4.58. The number of H-pyrrole nitrogens is 1. The monoisotopic (exact) mass is 638 g/mol. The molecule has 1 rings (SSSR count). The van der Waals surface area contributed by atoms with Crippen molar-refractivity contribution in [3.63, 3.8) is 0 Å². The molecule has 1 aromatic heterocycles. The number of imidazole rings is 1. The summed E-state index contributed by atoms with van der Waals surface area (Å²) in [6.45, 7) is 2.08. The highest BCUT2D eigenvalue weighted by Crippen LogP contribution is 2.06. The SMILES string of the molecule is CCC=CCC=CCC=CCC=CCC=CCCCC(=O)OC(=O)C(Cc1cnc[nH]1)NC(=O)CCNC(=O)C(N)CCC(N)=O. The van der Waals surface area contributed by atoms with Crippen LogP contribution in [0.4, 0.5) is 0 Å². The van der Waals surface area contributed by atoms with Crippen molar-refractivity contribution in [1.82, 2.24) is 20.6 Å². The summed E-state index contributed by atoms with van der Waals surface area (Å²) >= 11 is 0. The summed E-state index contributed by atoms with van der Waals surface area (Å²) in [5.41, 5.74) is 11.3.